The van der Waals surface area contributed by atoms with Crippen LogP contribution in [0.25, 0.3) is 0 Å². The third-order valence-electron chi connectivity index (χ3n) is 2.98. The first kappa shape index (κ1) is 14.0. The predicted octanol–water partition coefficient (Wildman–Crippen LogP) is 1.55. The molecule has 0 saturated heterocycles. The van der Waals surface area contributed by atoms with Crippen LogP contribution in [-0.2, 0) is 0 Å². The summed E-state index contributed by atoms with van der Waals surface area (Å²) in [6, 6.07) is 6.07. The van der Waals surface area contributed by atoms with Crippen molar-refractivity contribution >= 4 is 17.6 Å². The summed E-state index contributed by atoms with van der Waals surface area (Å²) in [6.07, 6.45) is 0. The van der Waals surface area contributed by atoms with Crippen molar-refractivity contribution in [2.45, 2.75) is 13.8 Å². The molecule has 0 aliphatic carbocycles. The molecule has 0 radical (unpaired) electrons. The average Bonchev–Trinajstić information content (AvgIpc) is 2.35. The summed E-state index contributed by atoms with van der Waals surface area (Å²) >= 11 is 0. The number of anilines is 1. The van der Waals surface area contributed by atoms with Crippen molar-refractivity contribution in [3.05, 3.63) is 29.3 Å². The Hall–Kier alpha value is -2.04. The molecule has 5 heteroatoms. The minimum atomic E-state index is 0.287. The normalized spacial score (nSPS) is 11.3. The third kappa shape index (κ3) is 2.61. The molecular weight excluding hydrogens is 226 g/mol. The zero-order chi connectivity index (χ0) is 13.9. The van der Waals surface area contributed by atoms with Gasteiger partial charge in [0.2, 0.25) is 5.96 Å². The molecule has 1 aromatic carbocycles. The first-order chi connectivity index (χ1) is 8.40. The highest BCUT2D eigenvalue weighted by atomic mass is 15.4. The van der Waals surface area contributed by atoms with Crippen LogP contribution >= 0.6 is 0 Å². The zero-order valence-electron chi connectivity index (χ0n) is 11.7. The minimum absolute atomic E-state index is 0.287. The van der Waals surface area contributed by atoms with E-state index in [0.29, 0.717) is 5.96 Å². The van der Waals surface area contributed by atoms with Crippen molar-refractivity contribution in [2.24, 2.45) is 10.7 Å². The lowest BCUT2D eigenvalue weighted by Gasteiger charge is -2.29. The van der Waals surface area contributed by atoms with Gasteiger partial charge in [-0.1, -0.05) is 18.2 Å². The minimum Gasteiger partial charge on any atom is -0.369 e. The maximum Gasteiger partial charge on any atom is 0.204 e. The maximum absolute atomic E-state index is 8.16. The Morgan fingerprint density at radius 3 is 2.17 bits per heavy atom. The molecule has 0 aromatic heterocycles. The smallest absolute Gasteiger partial charge is 0.204 e. The van der Waals surface area contributed by atoms with Gasteiger partial charge in [0.1, 0.15) is 0 Å². The number of aliphatic imine (C=N–C) groups is 1. The Kier molecular flexibility index (Phi) is 4.31. The van der Waals surface area contributed by atoms with Gasteiger partial charge in [0.05, 0.1) is 0 Å². The van der Waals surface area contributed by atoms with Crippen LogP contribution in [0.2, 0.25) is 0 Å². The molecule has 0 aliphatic heterocycles. The van der Waals surface area contributed by atoms with Gasteiger partial charge in [-0.05, 0) is 25.0 Å². The van der Waals surface area contributed by atoms with Gasteiger partial charge >= 0.3 is 0 Å². The number of guanidine groups is 2. The SMILES string of the molecule is CN=C(N)N(C)C(=N)N(C)c1c(C)cccc1C. The lowest BCUT2D eigenvalue weighted by atomic mass is 10.1. The lowest BCUT2D eigenvalue weighted by Crippen LogP contribution is -2.46. The molecular formula is C13H21N5. The van der Waals surface area contributed by atoms with Gasteiger partial charge in [-0.15, -0.1) is 0 Å². The number of rotatable bonds is 1. The molecule has 0 spiro atoms. The van der Waals surface area contributed by atoms with Crippen molar-refractivity contribution < 1.29 is 0 Å². The fourth-order valence-corrected chi connectivity index (χ4v) is 1.92. The van der Waals surface area contributed by atoms with Crippen LogP contribution in [-0.4, -0.2) is 38.0 Å². The summed E-state index contributed by atoms with van der Waals surface area (Å²) in [6.45, 7) is 4.06. The number of benzene rings is 1. The van der Waals surface area contributed by atoms with E-state index in [1.807, 2.05) is 44.0 Å². The molecule has 0 heterocycles. The summed E-state index contributed by atoms with van der Waals surface area (Å²) in [4.78, 5) is 7.24. The highest BCUT2D eigenvalue weighted by Gasteiger charge is 2.17. The van der Waals surface area contributed by atoms with E-state index >= 15 is 0 Å². The molecule has 0 saturated carbocycles. The summed E-state index contributed by atoms with van der Waals surface area (Å²) in [5.74, 6) is 0.605. The number of aryl methyl sites for hydroxylation is 2. The van der Waals surface area contributed by atoms with Crippen LogP contribution in [0.5, 0.6) is 0 Å². The fraction of sp³-hybridized carbons (Fsp3) is 0.385. The van der Waals surface area contributed by atoms with Crippen molar-refractivity contribution in [1.29, 1.82) is 5.41 Å². The Morgan fingerprint density at radius 1 is 1.22 bits per heavy atom. The van der Waals surface area contributed by atoms with E-state index in [1.54, 1.807) is 19.0 Å². The van der Waals surface area contributed by atoms with Crippen molar-refractivity contribution in [3.63, 3.8) is 0 Å². The lowest BCUT2D eigenvalue weighted by molar-refractivity contribution is 0.711. The highest BCUT2D eigenvalue weighted by Crippen LogP contribution is 2.23. The van der Waals surface area contributed by atoms with E-state index in [2.05, 4.69) is 4.99 Å². The monoisotopic (exact) mass is 247 g/mol. The van der Waals surface area contributed by atoms with E-state index < -0.39 is 0 Å². The second kappa shape index (κ2) is 5.53. The first-order valence-corrected chi connectivity index (χ1v) is 5.74. The van der Waals surface area contributed by atoms with Crippen LogP contribution in [0.4, 0.5) is 5.69 Å². The summed E-state index contributed by atoms with van der Waals surface area (Å²) in [7, 11) is 5.20. The molecule has 0 atom stereocenters. The quantitative estimate of drug-likeness (QED) is 0.584. The number of nitrogens with two attached hydrogens (primary N) is 1. The van der Waals surface area contributed by atoms with Crippen LogP contribution in [0.3, 0.4) is 0 Å². The van der Waals surface area contributed by atoms with Crippen molar-refractivity contribution in [2.75, 3.05) is 26.0 Å². The number of nitrogens with zero attached hydrogens (tertiary/aromatic N) is 3. The molecule has 0 fully saturated rings. The van der Waals surface area contributed by atoms with E-state index in [4.69, 9.17) is 11.1 Å². The summed E-state index contributed by atoms with van der Waals surface area (Å²) < 4.78 is 0. The molecule has 0 aliphatic rings. The molecule has 0 amide bonds. The maximum atomic E-state index is 8.16. The Labute approximate surface area is 108 Å². The van der Waals surface area contributed by atoms with E-state index in [9.17, 15) is 0 Å². The zero-order valence-corrected chi connectivity index (χ0v) is 11.7. The number of para-hydroxylation sites is 1. The molecule has 3 N–H and O–H groups in total. The van der Waals surface area contributed by atoms with Crippen LogP contribution in [0.1, 0.15) is 11.1 Å². The molecule has 0 unspecified atom stereocenters. The predicted molar refractivity (Wildman–Crippen MR) is 77.4 cm³/mol. The van der Waals surface area contributed by atoms with Crippen LogP contribution < -0.4 is 10.6 Å². The topological polar surface area (TPSA) is 68.7 Å². The molecule has 1 aromatic rings. The van der Waals surface area contributed by atoms with Gasteiger partial charge in [0.15, 0.2) is 5.96 Å². The Morgan fingerprint density at radius 2 is 1.72 bits per heavy atom. The van der Waals surface area contributed by atoms with Crippen LogP contribution in [0, 0.1) is 19.3 Å². The highest BCUT2D eigenvalue weighted by molar-refractivity contribution is 6.04. The molecule has 18 heavy (non-hydrogen) atoms. The fourth-order valence-electron chi connectivity index (χ4n) is 1.92. The van der Waals surface area contributed by atoms with Gasteiger partial charge in [0.25, 0.3) is 0 Å². The Bertz CT molecular complexity index is 458. The largest absolute Gasteiger partial charge is 0.369 e. The molecule has 5 nitrogen and oxygen atoms in total. The molecule has 0 bridgehead atoms. The van der Waals surface area contributed by atoms with Gasteiger partial charge in [-0.2, -0.15) is 0 Å². The summed E-state index contributed by atoms with van der Waals surface area (Å²) in [5, 5.41) is 8.16. The van der Waals surface area contributed by atoms with E-state index in [1.165, 1.54) is 0 Å². The molecule has 98 valence electrons. The van der Waals surface area contributed by atoms with Gasteiger partial charge in [0, 0.05) is 26.8 Å². The second-order valence-electron chi connectivity index (χ2n) is 4.26. The van der Waals surface area contributed by atoms with Gasteiger partial charge in [-0.25, -0.2) is 0 Å². The van der Waals surface area contributed by atoms with Gasteiger partial charge in [-0.3, -0.25) is 15.3 Å². The van der Waals surface area contributed by atoms with Crippen LogP contribution in [0.15, 0.2) is 23.2 Å². The summed E-state index contributed by atoms with van der Waals surface area (Å²) in [5.41, 5.74) is 9.00. The van der Waals surface area contributed by atoms with Gasteiger partial charge < -0.3 is 10.6 Å². The number of nitrogens with one attached hydrogen (secondary N) is 1. The first-order valence-electron chi connectivity index (χ1n) is 5.74. The average molecular weight is 247 g/mol. The second-order valence-corrected chi connectivity index (χ2v) is 4.26. The van der Waals surface area contributed by atoms with Crippen molar-refractivity contribution in [1.82, 2.24) is 4.90 Å². The number of hydrogen-bond acceptors (Lipinski definition) is 2. The standard InChI is InChI=1S/C13H21N5/c1-9-7-6-8-10(2)11(9)17(4)13(15)18(5)12(14)16-3/h6-8,15H,1-5H3,(H2,14,16). The van der Waals surface area contributed by atoms with E-state index in [-0.39, 0.29) is 5.96 Å². The Balaban J connectivity index is 3.08. The molecule has 1 rings (SSSR count). The van der Waals surface area contributed by atoms with Crippen molar-refractivity contribution in [3.8, 4) is 0 Å². The van der Waals surface area contributed by atoms with E-state index in [0.717, 1.165) is 16.8 Å². The third-order valence-corrected chi connectivity index (χ3v) is 2.98. The number of hydrogen-bond donors (Lipinski definition) is 2.